The Kier molecular flexibility index (Phi) is 4.14. The fraction of sp³-hybridized carbons (Fsp3) is 0.538. The second-order valence-electron chi connectivity index (χ2n) is 4.75. The van der Waals surface area contributed by atoms with Gasteiger partial charge in [0.2, 0.25) is 0 Å². The zero-order valence-corrected chi connectivity index (χ0v) is 11.7. The number of pyridine rings is 1. The van der Waals surface area contributed by atoms with Crippen LogP contribution in [0.1, 0.15) is 17.5 Å². The number of aryl methyl sites for hydroxylation is 1. The summed E-state index contributed by atoms with van der Waals surface area (Å²) in [5.74, 6) is 1.48. The van der Waals surface area contributed by atoms with Gasteiger partial charge in [-0.15, -0.1) is 0 Å². The van der Waals surface area contributed by atoms with Gasteiger partial charge in [-0.25, -0.2) is 4.98 Å². The second kappa shape index (κ2) is 5.63. The molecule has 1 atom stereocenters. The highest BCUT2D eigenvalue weighted by molar-refractivity contribution is 7.80. The van der Waals surface area contributed by atoms with E-state index < -0.39 is 0 Å². The highest BCUT2D eigenvalue weighted by atomic mass is 32.1. The summed E-state index contributed by atoms with van der Waals surface area (Å²) >= 11 is 5.14. The van der Waals surface area contributed by atoms with Gasteiger partial charge >= 0.3 is 0 Å². The SMILES string of the molecule is COCC1CCN(c2nccc(C)c2C(N)=S)C1. The quantitative estimate of drug-likeness (QED) is 0.836. The van der Waals surface area contributed by atoms with Crippen LogP contribution < -0.4 is 10.6 Å². The first-order valence-electron chi connectivity index (χ1n) is 6.12. The Morgan fingerprint density at radius 2 is 2.44 bits per heavy atom. The Morgan fingerprint density at radius 1 is 1.67 bits per heavy atom. The molecule has 2 rings (SSSR count). The summed E-state index contributed by atoms with van der Waals surface area (Å²) < 4.78 is 5.21. The molecule has 1 aliphatic heterocycles. The number of hydrogen-bond acceptors (Lipinski definition) is 4. The van der Waals surface area contributed by atoms with Crippen molar-refractivity contribution in [1.29, 1.82) is 0 Å². The molecule has 98 valence electrons. The molecule has 0 aliphatic carbocycles. The van der Waals surface area contributed by atoms with Crippen LogP contribution in [-0.4, -0.2) is 36.8 Å². The van der Waals surface area contributed by atoms with Crippen molar-refractivity contribution in [3.63, 3.8) is 0 Å². The van der Waals surface area contributed by atoms with E-state index in [1.807, 2.05) is 19.2 Å². The Balaban J connectivity index is 2.24. The number of thiocarbonyl (C=S) groups is 1. The lowest BCUT2D eigenvalue weighted by Crippen LogP contribution is -2.26. The molecule has 0 bridgehead atoms. The lowest BCUT2D eigenvalue weighted by Gasteiger charge is -2.21. The monoisotopic (exact) mass is 265 g/mol. The van der Waals surface area contributed by atoms with Crippen LogP contribution in [0.3, 0.4) is 0 Å². The predicted octanol–water partition coefficient (Wildman–Crippen LogP) is 1.50. The molecule has 4 nitrogen and oxygen atoms in total. The molecule has 1 saturated heterocycles. The second-order valence-corrected chi connectivity index (χ2v) is 5.19. The molecule has 5 heteroatoms. The van der Waals surface area contributed by atoms with Gasteiger partial charge in [-0.2, -0.15) is 0 Å². The minimum absolute atomic E-state index is 0.422. The van der Waals surface area contributed by atoms with Gasteiger partial charge < -0.3 is 15.4 Å². The molecule has 1 aromatic heterocycles. The van der Waals surface area contributed by atoms with E-state index in [9.17, 15) is 0 Å². The first-order chi connectivity index (χ1) is 8.63. The maximum atomic E-state index is 5.82. The maximum absolute atomic E-state index is 5.82. The smallest absolute Gasteiger partial charge is 0.139 e. The highest BCUT2D eigenvalue weighted by Crippen LogP contribution is 2.27. The summed E-state index contributed by atoms with van der Waals surface area (Å²) in [6.07, 6.45) is 2.94. The van der Waals surface area contributed by atoms with E-state index in [-0.39, 0.29) is 0 Å². The van der Waals surface area contributed by atoms with E-state index >= 15 is 0 Å². The molecule has 0 amide bonds. The number of hydrogen-bond donors (Lipinski definition) is 1. The van der Waals surface area contributed by atoms with Crippen molar-refractivity contribution in [3.05, 3.63) is 23.4 Å². The van der Waals surface area contributed by atoms with Crippen LogP contribution in [0.5, 0.6) is 0 Å². The number of ether oxygens (including phenoxy) is 1. The minimum atomic E-state index is 0.422. The van der Waals surface area contributed by atoms with E-state index in [4.69, 9.17) is 22.7 Å². The first kappa shape index (κ1) is 13.2. The summed E-state index contributed by atoms with van der Waals surface area (Å²) in [6, 6.07) is 1.95. The fourth-order valence-corrected chi connectivity index (χ4v) is 2.74. The van der Waals surface area contributed by atoms with E-state index in [1.165, 1.54) is 0 Å². The number of anilines is 1. The lowest BCUT2D eigenvalue weighted by molar-refractivity contribution is 0.161. The average molecular weight is 265 g/mol. The topological polar surface area (TPSA) is 51.4 Å². The highest BCUT2D eigenvalue weighted by Gasteiger charge is 2.26. The molecule has 0 saturated carbocycles. The van der Waals surface area contributed by atoms with E-state index in [0.717, 1.165) is 43.1 Å². The number of rotatable bonds is 4. The number of aromatic nitrogens is 1. The van der Waals surface area contributed by atoms with Crippen molar-refractivity contribution in [3.8, 4) is 0 Å². The van der Waals surface area contributed by atoms with E-state index in [2.05, 4.69) is 9.88 Å². The largest absolute Gasteiger partial charge is 0.389 e. The maximum Gasteiger partial charge on any atom is 0.139 e. The predicted molar refractivity (Wildman–Crippen MR) is 77.1 cm³/mol. The van der Waals surface area contributed by atoms with Crippen LogP contribution in [0.2, 0.25) is 0 Å². The Hall–Kier alpha value is -1.20. The van der Waals surface area contributed by atoms with Crippen LogP contribution in [0.25, 0.3) is 0 Å². The lowest BCUT2D eigenvalue weighted by atomic mass is 10.1. The molecule has 0 aromatic carbocycles. The fourth-order valence-electron chi connectivity index (χ4n) is 2.48. The van der Waals surface area contributed by atoms with Gasteiger partial charge in [0.25, 0.3) is 0 Å². The number of nitrogens with zero attached hydrogens (tertiary/aromatic N) is 2. The van der Waals surface area contributed by atoms with Crippen molar-refractivity contribution in [2.45, 2.75) is 13.3 Å². The third-order valence-corrected chi connectivity index (χ3v) is 3.58. The molecule has 1 fully saturated rings. The Labute approximate surface area is 113 Å². The van der Waals surface area contributed by atoms with Crippen LogP contribution in [0, 0.1) is 12.8 Å². The minimum Gasteiger partial charge on any atom is -0.389 e. The third-order valence-electron chi connectivity index (χ3n) is 3.37. The molecule has 1 unspecified atom stereocenters. The summed E-state index contributed by atoms with van der Waals surface area (Å²) in [4.78, 5) is 7.13. The summed E-state index contributed by atoms with van der Waals surface area (Å²) in [7, 11) is 1.74. The Bertz CT molecular complexity index is 450. The standard InChI is InChI=1S/C13H19N3OS/c1-9-3-5-15-13(11(9)12(14)18)16-6-4-10(7-16)8-17-2/h3,5,10H,4,6-8H2,1-2H3,(H2,14,18). The molecular formula is C13H19N3OS. The zero-order valence-electron chi connectivity index (χ0n) is 10.8. The van der Waals surface area contributed by atoms with Gasteiger partial charge in [0, 0.05) is 32.3 Å². The molecule has 2 heterocycles. The van der Waals surface area contributed by atoms with Gasteiger partial charge in [-0.3, -0.25) is 0 Å². The van der Waals surface area contributed by atoms with E-state index in [1.54, 1.807) is 7.11 Å². The number of methoxy groups -OCH3 is 1. The molecule has 1 aromatic rings. The van der Waals surface area contributed by atoms with Gasteiger partial charge in [-0.05, 0) is 25.0 Å². The van der Waals surface area contributed by atoms with Gasteiger partial charge in [0.1, 0.15) is 10.8 Å². The first-order valence-corrected chi connectivity index (χ1v) is 6.53. The van der Waals surface area contributed by atoms with Gasteiger partial charge in [0.15, 0.2) is 0 Å². The normalized spacial score (nSPS) is 19.2. The molecule has 0 radical (unpaired) electrons. The van der Waals surface area contributed by atoms with Crippen LogP contribution in [-0.2, 0) is 4.74 Å². The molecule has 2 N–H and O–H groups in total. The third kappa shape index (κ3) is 2.62. The van der Waals surface area contributed by atoms with Gasteiger partial charge in [-0.1, -0.05) is 12.2 Å². The van der Waals surface area contributed by atoms with Crippen molar-refractivity contribution >= 4 is 23.0 Å². The van der Waals surface area contributed by atoms with Crippen molar-refractivity contribution in [2.24, 2.45) is 11.7 Å². The molecular weight excluding hydrogens is 246 g/mol. The number of nitrogens with two attached hydrogens (primary N) is 1. The molecule has 0 spiro atoms. The van der Waals surface area contributed by atoms with Crippen molar-refractivity contribution < 1.29 is 4.74 Å². The average Bonchev–Trinajstić information content (AvgIpc) is 2.77. The van der Waals surface area contributed by atoms with Crippen LogP contribution in [0.15, 0.2) is 12.3 Å². The van der Waals surface area contributed by atoms with Crippen molar-refractivity contribution in [1.82, 2.24) is 4.98 Å². The van der Waals surface area contributed by atoms with Crippen LogP contribution in [0.4, 0.5) is 5.82 Å². The van der Waals surface area contributed by atoms with Gasteiger partial charge in [0.05, 0.1) is 12.2 Å². The van der Waals surface area contributed by atoms with Crippen molar-refractivity contribution in [2.75, 3.05) is 31.7 Å². The molecule has 18 heavy (non-hydrogen) atoms. The summed E-state index contributed by atoms with van der Waals surface area (Å²) in [5, 5.41) is 0. The summed E-state index contributed by atoms with van der Waals surface area (Å²) in [6.45, 7) is 4.76. The Morgan fingerprint density at radius 3 is 3.11 bits per heavy atom. The molecule has 1 aliphatic rings. The zero-order chi connectivity index (χ0) is 13.1. The summed E-state index contributed by atoms with van der Waals surface area (Å²) in [5.41, 5.74) is 7.81. The van der Waals surface area contributed by atoms with E-state index in [0.29, 0.717) is 10.9 Å². The van der Waals surface area contributed by atoms with Crippen LogP contribution >= 0.6 is 12.2 Å².